The second-order valence-corrected chi connectivity index (χ2v) is 5.76. The summed E-state index contributed by atoms with van der Waals surface area (Å²) < 4.78 is 0. The van der Waals surface area contributed by atoms with E-state index in [1.54, 1.807) is 18.2 Å². The molecule has 4 nitrogen and oxygen atoms in total. The van der Waals surface area contributed by atoms with Crippen LogP contribution >= 0.6 is 11.6 Å². The highest BCUT2D eigenvalue weighted by atomic mass is 35.5. The van der Waals surface area contributed by atoms with E-state index in [0.29, 0.717) is 22.8 Å². The lowest BCUT2D eigenvalue weighted by Gasteiger charge is -2.26. The van der Waals surface area contributed by atoms with Crippen LogP contribution in [0.25, 0.3) is 0 Å². The number of hydrogen-bond donors (Lipinski definition) is 3. The van der Waals surface area contributed by atoms with E-state index in [9.17, 15) is 9.90 Å². The Balaban J connectivity index is 2.01. The van der Waals surface area contributed by atoms with E-state index in [2.05, 4.69) is 5.32 Å². The Bertz CT molecular complexity index is 450. The predicted octanol–water partition coefficient (Wildman–Crippen LogP) is 2.20. The van der Waals surface area contributed by atoms with E-state index in [-0.39, 0.29) is 17.9 Å². The van der Waals surface area contributed by atoms with Crippen molar-refractivity contribution in [3.8, 4) is 0 Å². The van der Waals surface area contributed by atoms with Gasteiger partial charge >= 0.3 is 0 Å². The number of hydrogen-bond acceptors (Lipinski definition) is 3. The van der Waals surface area contributed by atoms with Crippen LogP contribution < -0.4 is 11.1 Å². The average Bonchev–Trinajstić information content (AvgIpc) is 2.84. The van der Waals surface area contributed by atoms with Crippen LogP contribution in [0.15, 0.2) is 18.2 Å². The van der Waals surface area contributed by atoms with Crippen molar-refractivity contribution in [3.05, 3.63) is 28.8 Å². The summed E-state index contributed by atoms with van der Waals surface area (Å²) in [4.78, 5) is 12.1. The van der Waals surface area contributed by atoms with Gasteiger partial charge in [0.1, 0.15) is 0 Å². The molecule has 19 heavy (non-hydrogen) atoms. The number of nitrogen functional groups attached to an aromatic ring is 1. The molecule has 1 aliphatic rings. The van der Waals surface area contributed by atoms with Gasteiger partial charge in [-0.15, -0.1) is 0 Å². The third kappa shape index (κ3) is 3.39. The molecule has 0 saturated heterocycles. The van der Waals surface area contributed by atoms with Gasteiger partial charge in [-0.25, -0.2) is 0 Å². The number of aliphatic hydroxyl groups is 1. The molecular formula is C14H19ClN2O2. The van der Waals surface area contributed by atoms with E-state index in [0.717, 1.165) is 25.7 Å². The van der Waals surface area contributed by atoms with E-state index in [1.165, 1.54) is 0 Å². The Labute approximate surface area is 117 Å². The van der Waals surface area contributed by atoms with Gasteiger partial charge in [-0.05, 0) is 31.0 Å². The number of benzene rings is 1. The van der Waals surface area contributed by atoms with E-state index in [4.69, 9.17) is 17.3 Å². The molecule has 1 aromatic carbocycles. The number of anilines is 1. The fourth-order valence-corrected chi connectivity index (χ4v) is 2.87. The van der Waals surface area contributed by atoms with Gasteiger partial charge in [0.2, 0.25) is 0 Å². The second kappa shape index (κ2) is 5.80. The van der Waals surface area contributed by atoms with Crippen molar-refractivity contribution in [2.24, 2.45) is 5.41 Å². The zero-order valence-electron chi connectivity index (χ0n) is 10.8. The summed E-state index contributed by atoms with van der Waals surface area (Å²) in [6.07, 6.45) is 4.14. The Morgan fingerprint density at radius 2 is 2.05 bits per heavy atom. The highest BCUT2D eigenvalue weighted by Gasteiger charge is 2.33. The summed E-state index contributed by atoms with van der Waals surface area (Å²) in [6.45, 7) is 0.611. The highest BCUT2D eigenvalue weighted by Crippen LogP contribution is 2.36. The van der Waals surface area contributed by atoms with Crippen LogP contribution in [0.1, 0.15) is 36.0 Å². The maximum atomic E-state index is 12.1. The molecule has 0 radical (unpaired) electrons. The van der Waals surface area contributed by atoms with Gasteiger partial charge in [0.15, 0.2) is 0 Å². The molecule has 1 fully saturated rings. The molecular weight excluding hydrogens is 264 g/mol. The van der Waals surface area contributed by atoms with Crippen LogP contribution in [0, 0.1) is 5.41 Å². The Hall–Kier alpha value is -1.26. The summed E-state index contributed by atoms with van der Waals surface area (Å²) in [6, 6.07) is 4.79. The zero-order chi connectivity index (χ0) is 13.9. The molecule has 0 heterocycles. The zero-order valence-corrected chi connectivity index (χ0v) is 11.5. The molecule has 0 unspecified atom stereocenters. The first-order valence-electron chi connectivity index (χ1n) is 6.50. The predicted molar refractivity (Wildman–Crippen MR) is 76.2 cm³/mol. The Kier molecular flexibility index (Phi) is 4.32. The van der Waals surface area contributed by atoms with Gasteiger partial charge in [0, 0.05) is 28.2 Å². The molecule has 0 aliphatic heterocycles. The molecule has 2 rings (SSSR count). The summed E-state index contributed by atoms with van der Waals surface area (Å²) >= 11 is 5.88. The number of carbonyl (C=O) groups excluding carboxylic acids is 1. The first kappa shape index (κ1) is 14.2. The van der Waals surface area contributed by atoms with Gasteiger partial charge in [0.05, 0.1) is 6.61 Å². The minimum Gasteiger partial charge on any atom is -0.399 e. The quantitative estimate of drug-likeness (QED) is 0.741. The highest BCUT2D eigenvalue weighted by molar-refractivity contribution is 6.31. The molecule has 0 spiro atoms. The fourth-order valence-electron chi connectivity index (χ4n) is 2.63. The van der Waals surface area contributed by atoms with Crippen molar-refractivity contribution in [1.82, 2.24) is 5.32 Å². The molecule has 1 aliphatic carbocycles. The van der Waals surface area contributed by atoms with E-state index < -0.39 is 0 Å². The molecule has 4 N–H and O–H groups in total. The van der Waals surface area contributed by atoms with Crippen LogP contribution in [0.3, 0.4) is 0 Å². The molecule has 0 atom stereocenters. The molecule has 104 valence electrons. The van der Waals surface area contributed by atoms with Crippen LogP contribution in [-0.4, -0.2) is 24.2 Å². The SMILES string of the molecule is Nc1cc(Cl)cc(C(=O)NCC2(CO)CCCC2)c1. The number of halogens is 1. The van der Waals surface area contributed by atoms with Crippen molar-refractivity contribution in [1.29, 1.82) is 0 Å². The molecule has 1 saturated carbocycles. The third-order valence-electron chi connectivity index (χ3n) is 3.81. The first-order chi connectivity index (χ1) is 9.04. The van der Waals surface area contributed by atoms with Gasteiger partial charge in [-0.3, -0.25) is 4.79 Å². The van der Waals surface area contributed by atoms with Crippen molar-refractivity contribution in [2.75, 3.05) is 18.9 Å². The summed E-state index contributed by atoms with van der Waals surface area (Å²) in [5, 5.41) is 12.8. The Morgan fingerprint density at radius 1 is 1.37 bits per heavy atom. The molecule has 1 aromatic rings. The maximum absolute atomic E-state index is 12.1. The smallest absolute Gasteiger partial charge is 0.251 e. The van der Waals surface area contributed by atoms with E-state index in [1.807, 2.05) is 0 Å². The summed E-state index contributed by atoms with van der Waals surface area (Å²) in [5.74, 6) is -0.200. The van der Waals surface area contributed by atoms with Crippen molar-refractivity contribution in [3.63, 3.8) is 0 Å². The topological polar surface area (TPSA) is 75.4 Å². The molecule has 5 heteroatoms. The van der Waals surface area contributed by atoms with Gasteiger partial charge in [0.25, 0.3) is 5.91 Å². The maximum Gasteiger partial charge on any atom is 0.251 e. The number of aliphatic hydroxyl groups excluding tert-OH is 1. The van der Waals surface area contributed by atoms with Crippen molar-refractivity contribution >= 4 is 23.2 Å². The number of rotatable bonds is 4. The lowest BCUT2D eigenvalue weighted by atomic mass is 9.87. The van der Waals surface area contributed by atoms with Crippen molar-refractivity contribution in [2.45, 2.75) is 25.7 Å². The third-order valence-corrected chi connectivity index (χ3v) is 4.02. The van der Waals surface area contributed by atoms with Gasteiger partial charge < -0.3 is 16.2 Å². The fraction of sp³-hybridized carbons (Fsp3) is 0.500. The molecule has 0 aromatic heterocycles. The average molecular weight is 283 g/mol. The number of nitrogens with two attached hydrogens (primary N) is 1. The number of nitrogens with one attached hydrogen (secondary N) is 1. The van der Waals surface area contributed by atoms with Gasteiger partial charge in [-0.1, -0.05) is 24.4 Å². The largest absolute Gasteiger partial charge is 0.399 e. The summed E-state index contributed by atoms with van der Waals surface area (Å²) in [7, 11) is 0. The van der Waals surface area contributed by atoms with Crippen LogP contribution in [0.4, 0.5) is 5.69 Å². The van der Waals surface area contributed by atoms with E-state index >= 15 is 0 Å². The monoisotopic (exact) mass is 282 g/mol. The van der Waals surface area contributed by atoms with Crippen LogP contribution in [-0.2, 0) is 0 Å². The summed E-state index contributed by atoms with van der Waals surface area (Å²) in [5.41, 5.74) is 6.43. The van der Waals surface area contributed by atoms with Gasteiger partial charge in [-0.2, -0.15) is 0 Å². The van der Waals surface area contributed by atoms with Crippen molar-refractivity contribution < 1.29 is 9.90 Å². The normalized spacial score (nSPS) is 17.4. The minimum absolute atomic E-state index is 0.116. The second-order valence-electron chi connectivity index (χ2n) is 5.32. The number of carbonyl (C=O) groups is 1. The van der Waals surface area contributed by atoms with Crippen LogP contribution in [0.5, 0.6) is 0 Å². The Morgan fingerprint density at radius 3 is 2.63 bits per heavy atom. The first-order valence-corrected chi connectivity index (χ1v) is 6.88. The minimum atomic E-state index is -0.200. The van der Waals surface area contributed by atoms with Crippen LogP contribution in [0.2, 0.25) is 5.02 Å². The molecule has 1 amide bonds. The molecule has 0 bridgehead atoms. The standard InChI is InChI=1S/C14H19ClN2O2/c15-11-5-10(6-12(16)7-11)13(19)17-8-14(9-18)3-1-2-4-14/h5-7,18H,1-4,8-9,16H2,(H,17,19). The number of amides is 1. The lowest BCUT2D eigenvalue weighted by Crippen LogP contribution is -2.38. The lowest BCUT2D eigenvalue weighted by molar-refractivity contribution is 0.0880.